The number of rotatable bonds is 11. The molecule has 36 heavy (non-hydrogen) atoms. The maximum Gasteiger partial charge on any atom is 0.262 e. The van der Waals surface area contributed by atoms with E-state index in [2.05, 4.69) is 37.7 Å². The number of terminal acetylenes is 1. The molecule has 0 saturated heterocycles. The van der Waals surface area contributed by atoms with Crippen LogP contribution in [0, 0.1) is 12.3 Å². The highest BCUT2D eigenvalue weighted by molar-refractivity contribution is 9.10. The van der Waals surface area contributed by atoms with E-state index in [0.717, 1.165) is 10.0 Å². The molecular formula is C27H23BrClN3O4. The van der Waals surface area contributed by atoms with E-state index >= 15 is 0 Å². The molecule has 2 amide bonds. The van der Waals surface area contributed by atoms with Crippen LogP contribution in [0.1, 0.15) is 11.1 Å². The van der Waals surface area contributed by atoms with Gasteiger partial charge < -0.3 is 14.8 Å². The molecule has 3 aromatic rings. The Labute approximate surface area is 223 Å². The Morgan fingerprint density at radius 2 is 1.83 bits per heavy atom. The summed E-state index contributed by atoms with van der Waals surface area (Å²) < 4.78 is 11.8. The van der Waals surface area contributed by atoms with E-state index in [1.807, 2.05) is 30.3 Å². The Morgan fingerprint density at radius 3 is 2.56 bits per heavy atom. The topological polar surface area (TPSA) is 89.0 Å². The summed E-state index contributed by atoms with van der Waals surface area (Å²) in [5.74, 6) is 2.46. The molecule has 0 fully saturated rings. The van der Waals surface area contributed by atoms with Gasteiger partial charge in [-0.15, -0.1) is 6.42 Å². The number of carbonyl (C=O) groups is 2. The summed E-state index contributed by atoms with van der Waals surface area (Å²) in [6.45, 7) is -0.171. The molecule has 0 bridgehead atoms. The van der Waals surface area contributed by atoms with Crippen molar-refractivity contribution in [3.05, 3.63) is 93.4 Å². The van der Waals surface area contributed by atoms with Gasteiger partial charge in [0, 0.05) is 21.5 Å². The molecule has 0 heterocycles. The Kier molecular flexibility index (Phi) is 10.4. The molecule has 0 aromatic heterocycles. The molecule has 0 aliphatic carbocycles. The van der Waals surface area contributed by atoms with Gasteiger partial charge in [-0.05, 0) is 48.0 Å². The molecule has 9 heteroatoms. The van der Waals surface area contributed by atoms with Gasteiger partial charge in [0.15, 0.2) is 6.61 Å². The molecule has 0 aliphatic heterocycles. The largest absolute Gasteiger partial charge is 0.484 e. The molecule has 3 rings (SSSR count). The normalized spacial score (nSPS) is 11.4. The van der Waals surface area contributed by atoms with Crippen molar-refractivity contribution >= 4 is 45.6 Å². The van der Waals surface area contributed by atoms with Gasteiger partial charge in [0.05, 0.1) is 6.21 Å². The van der Waals surface area contributed by atoms with Gasteiger partial charge >= 0.3 is 0 Å². The van der Waals surface area contributed by atoms with Gasteiger partial charge in [0.25, 0.3) is 11.8 Å². The minimum atomic E-state index is -0.884. The second-order valence-electron chi connectivity index (χ2n) is 7.46. The third kappa shape index (κ3) is 8.77. The second kappa shape index (κ2) is 13.9. The van der Waals surface area contributed by atoms with E-state index in [4.69, 9.17) is 27.5 Å². The quantitative estimate of drug-likeness (QED) is 0.204. The first-order valence-electron chi connectivity index (χ1n) is 10.8. The van der Waals surface area contributed by atoms with Crippen LogP contribution in [0.25, 0.3) is 0 Å². The van der Waals surface area contributed by atoms with Gasteiger partial charge in [0.2, 0.25) is 0 Å². The third-order valence-corrected chi connectivity index (χ3v) is 5.52. The Bertz CT molecular complexity index is 1240. The Morgan fingerprint density at radius 1 is 1.08 bits per heavy atom. The van der Waals surface area contributed by atoms with E-state index in [9.17, 15) is 9.59 Å². The summed E-state index contributed by atoms with van der Waals surface area (Å²) in [6.07, 6.45) is 6.98. The number of hydrazone groups is 1. The number of ether oxygens (including phenoxy) is 2. The number of halogens is 2. The van der Waals surface area contributed by atoms with Crippen LogP contribution < -0.4 is 20.2 Å². The number of nitrogens with one attached hydrogen (secondary N) is 2. The van der Waals surface area contributed by atoms with E-state index in [1.165, 1.54) is 6.21 Å². The van der Waals surface area contributed by atoms with Crippen LogP contribution in [0.15, 0.2) is 82.4 Å². The van der Waals surface area contributed by atoms with E-state index < -0.39 is 17.9 Å². The van der Waals surface area contributed by atoms with Crippen LogP contribution in [0.5, 0.6) is 11.5 Å². The van der Waals surface area contributed by atoms with E-state index in [1.54, 1.807) is 42.5 Å². The van der Waals surface area contributed by atoms with Crippen molar-refractivity contribution in [2.75, 3.05) is 13.2 Å². The van der Waals surface area contributed by atoms with Crippen molar-refractivity contribution in [3.8, 4) is 23.8 Å². The first kappa shape index (κ1) is 26.8. The minimum absolute atomic E-state index is 0.0953. The van der Waals surface area contributed by atoms with Crippen molar-refractivity contribution in [2.45, 2.75) is 12.5 Å². The van der Waals surface area contributed by atoms with E-state index in [0.29, 0.717) is 22.1 Å². The fourth-order valence-electron chi connectivity index (χ4n) is 3.09. The van der Waals surface area contributed by atoms with Crippen LogP contribution in [-0.2, 0) is 16.0 Å². The summed E-state index contributed by atoms with van der Waals surface area (Å²) in [7, 11) is 0. The van der Waals surface area contributed by atoms with E-state index in [-0.39, 0.29) is 19.6 Å². The molecule has 3 aromatic carbocycles. The zero-order valence-electron chi connectivity index (χ0n) is 19.1. The van der Waals surface area contributed by atoms with Crippen molar-refractivity contribution in [3.63, 3.8) is 0 Å². The number of amides is 2. The van der Waals surface area contributed by atoms with Gasteiger partial charge in [-0.3, -0.25) is 9.59 Å². The molecular weight excluding hydrogens is 546 g/mol. The molecule has 0 aliphatic rings. The average Bonchev–Trinajstić information content (AvgIpc) is 2.88. The molecule has 184 valence electrons. The molecule has 0 radical (unpaired) electrons. The monoisotopic (exact) mass is 567 g/mol. The van der Waals surface area contributed by atoms with Crippen molar-refractivity contribution in [2.24, 2.45) is 5.10 Å². The predicted molar refractivity (Wildman–Crippen MR) is 143 cm³/mol. The Balaban J connectivity index is 1.66. The molecule has 2 N–H and O–H groups in total. The first-order valence-corrected chi connectivity index (χ1v) is 12.0. The van der Waals surface area contributed by atoms with Gasteiger partial charge in [-0.25, -0.2) is 5.43 Å². The maximum absolute atomic E-state index is 12.9. The van der Waals surface area contributed by atoms with Crippen LogP contribution in [0.2, 0.25) is 5.02 Å². The number of nitrogens with zero attached hydrogens (tertiary/aromatic N) is 1. The highest BCUT2D eigenvalue weighted by Gasteiger charge is 2.21. The summed E-state index contributed by atoms with van der Waals surface area (Å²) in [5.41, 5.74) is 3.97. The maximum atomic E-state index is 12.9. The van der Waals surface area contributed by atoms with Crippen molar-refractivity contribution < 1.29 is 19.1 Å². The summed E-state index contributed by atoms with van der Waals surface area (Å²) >= 11 is 9.26. The number of hydrogen-bond donors (Lipinski definition) is 2. The van der Waals surface area contributed by atoms with Gasteiger partial charge in [-0.1, -0.05) is 63.8 Å². The SMILES string of the molecule is C#CCOc1ccc(Br)cc1/C=N\NC(=O)[C@H](Cc1ccccc1)NC(=O)COc1ccc(Cl)cc1. The molecule has 0 saturated carbocycles. The lowest BCUT2D eigenvalue weighted by Gasteiger charge is -2.17. The molecule has 1 atom stereocenters. The van der Waals surface area contributed by atoms with Gasteiger partial charge in [-0.2, -0.15) is 5.10 Å². The van der Waals surface area contributed by atoms with Crippen LogP contribution in [-0.4, -0.2) is 37.3 Å². The molecule has 7 nitrogen and oxygen atoms in total. The second-order valence-corrected chi connectivity index (χ2v) is 8.81. The predicted octanol–water partition coefficient (Wildman–Crippen LogP) is 4.37. The lowest BCUT2D eigenvalue weighted by molar-refractivity contribution is -0.130. The van der Waals surface area contributed by atoms with Crippen molar-refractivity contribution in [1.29, 1.82) is 0 Å². The Hall–Kier alpha value is -3.80. The zero-order valence-corrected chi connectivity index (χ0v) is 21.5. The highest BCUT2D eigenvalue weighted by atomic mass is 79.9. The van der Waals surface area contributed by atoms with Crippen LogP contribution in [0.3, 0.4) is 0 Å². The summed E-state index contributed by atoms with van der Waals surface area (Å²) in [4.78, 5) is 25.5. The lowest BCUT2D eigenvalue weighted by Crippen LogP contribution is -2.48. The first-order chi connectivity index (χ1) is 17.4. The van der Waals surface area contributed by atoms with Crippen LogP contribution >= 0.6 is 27.5 Å². The number of benzene rings is 3. The highest BCUT2D eigenvalue weighted by Crippen LogP contribution is 2.21. The number of carbonyl (C=O) groups excluding carboxylic acids is 2. The third-order valence-electron chi connectivity index (χ3n) is 4.78. The van der Waals surface area contributed by atoms with Gasteiger partial charge in [0.1, 0.15) is 24.1 Å². The zero-order chi connectivity index (χ0) is 25.8. The van der Waals surface area contributed by atoms with Crippen LogP contribution in [0.4, 0.5) is 0 Å². The smallest absolute Gasteiger partial charge is 0.262 e. The molecule has 0 spiro atoms. The standard InChI is InChI=1S/C27H23BrClN3O4/c1-2-14-35-25-13-8-21(28)16-20(25)17-30-32-27(34)24(15-19-6-4-3-5-7-19)31-26(33)18-36-23-11-9-22(29)10-12-23/h1,3-13,16-17,24H,14-15,18H2,(H,31,33)(H,32,34)/b30-17-/t24-/m0/s1. The summed E-state index contributed by atoms with van der Waals surface area (Å²) in [6, 6.07) is 20.4. The minimum Gasteiger partial charge on any atom is -0.484 e. The lowest BCUT2D eigenvalue weighted by atomic mass is 10.1. The average molecular weight is 569 g/mol. The summed E-state index contributed by atoms with van der Waals surface area (Å²) in [5, 5.41) is 7.32. The van der Waals surface area contributed by atoms with Crippen molar-refractivity contribution in [1.82, 2.24) is 10.7 Å². The number of hydrogen-bond acceptors (Lipinski definition) is 5. The fraction of sp³-hybridized carbons (Fsp3) is 0.148. The molecule has 0 unspecified atom stereocenters. The fourth-order valence-corrected chi connectivity index (χ4v) is 3.59.